The van der Waals surface area contributed by atoms with Gasteiger partial charge in [0.1, 0.15) is 0 Å². The fraction of sp³-hybridized carbons (Fsp3) is 0.769. The highest BCUT2D eigenvalue weighted by Gasteiger charge is 2.43. The summed E-state index contributed by atoms with van der Waals surface area (Å²) in [5.74, 6) is -0.182. The van der Waals surface area contributed by atoms with Gasteiger partial charge < -0.3 is 14.7 Å². The van der Waals surface area contributed by atoms with Gasteiger partial charge in [-0.1, -0.05) is 0 Å². The van der Waals surface area contributed by atoms with Crippen molar-refractivity contribution in [2.45, 2.75) is 18.9 Å². The number of rotatable bonds is 1. The van der Waals surface area contributed by atoms with Gasteiger partial charge in [0.2, 0.25) is 11.8 Å². The summed E-state index contributed by atoms with van der Waals surface area (Å²) in [4.78, 5) is 42.6. The second-order valence-electron chi connectivity index (χ2n) is 5.79. The lowest BCUT2D eigenvalue weighted by molar-refractivity contribution is -0.144. The Morgan fingerprint density at radius 1 is 0.950 bits per heavy atom. The van der Waals surface area contributed by atoms with Gasteiger partial charge in [0, 0.05) is 52.1 Å². The predicted molar refractivity (Wildman–Crippen MR) is 70.9 cm³/mol. The predicted octanol–water partition coefficient (Wildman–Crippen LogP) is -0.813. The van der Waals surface area contributed by atoms with Crippen LogP contribution in [0.15, 0.2) is 0 Å². The largest absolute Gasteiger partial charge is 0.322 e. The first-order valence-electron chi connectivity index (χ1n) is 7.13. The highest BCUT2D eigenvalue weighted by Crippen LogP contribution is 2.23. The maximum Gasteiger partial charge on any atom is 0.320 e. The number of piperazine rings is 1. The Bertz CT molecular complexity index is 423. The van der Waals surface area contributed by atoms with Crippen molar-refractivity contribution in [1.29, 1.82) is 0 Å². The van der Waals surface area contributed by atoms with Crippen LogP contribution >= 0.6 is 0 Å². The lowest BCUT2D eigenvalue weighted by atomic mass is 10.1. The van der Waals surface area contributed by atoms with Gasteiger partial charge in [-0.3, -0.25) is 14.5 Å². The van der Waals surface area contributed by atoms with Crippen molar-refractivity contribution in [1.82, 2.24) is 19.6 Å². The SMILES string of the molecule is CN1CCN(C(=O)N2CC(N3C(=O)CCC3=O)C2)CC1. The van der Waals surface area contributed by atoms with Crippen LogP contribution in [0.2, 0.25) is 0 Å². The number of likely N-dealkylation sites (N-methyl/N-ethyl adjacent to an activating group) is 1. The van der Waals surface area contributed by atoms with Gasteiger partial charge >= 0.3 is 6.03 Å². The number of amides is 4. The van der Waals surface area contributed by atoms with Crippen LogP contribution in [0.3, 0.4) is 0 Å². The van der Waals surface area contributed by atoms with E-state index in [1.54, 1.807) is 4.90 Å². The number of hydrogen-bond acceptors (Lipinski definition) is 4. The molecule has 7 nitrogen and oxygen atoms in total. The molecule has 3 aliphatic rings. The molecule has 3 saturated heterocycles. The summed E-state index contributed by atoms with van der Waals surface area (Å²) >= 11 is 0. The molecule has 0 aromatic rings. The van der Waals surface area contributed by atoms with E-state index in [-0.39, 0.29) is 23.9 Å². The average molecular weight is 280 g/mol. The number of nitrogens with zero attached hydrogens (tertiary/aromatic N) is 4. The summed E-state index contributed by atoms with van der Waals surface area (Å²) in [6.45, 7) is 4.26. The van der Waals surface area contributed by atoms with Crippen LogP contribution in [0.1, 0.15) is 12.8 Å². The highest BCUT2D eigenvalue weighted by molar-refractivity contribution is 6.02. The van der Waals surface area contributed by atoms with E-state index in [1.165, 1.54) is 4.90 Å². The monoisotopic (exact) mass is 280 g/mol. The maximum atomic E-state index is 12.3. The molecule has 0 aromatic heterocycles. The van der Waals surface area contributed by atoms with Crippen LogP contribution in [-0.2, 0) is 9.59 Å². The lowest BCUT2D eigenvalue weighted by Gasteiger charge is -2.45. The Hall–Kier alpha value is -1.63. The summed E-state index contributed by atoms with van der Waals surface area (Å²) in [6.07, 6.45) is 0.642. The molecule has 0 atom stereocenters. The fourth-order valence-electron chi connectivity index (χ4n) is 2.97. The van der Waals surface area contributed by atoms with Gasteiger partial charge in [-0.2, -0.15) is 0 Å². The Morgan fingerprint density at radius 3 is 2.05 bits per heavy atom. The Balaban J connectivity index is 1.51. The number of carbonyl (C=O) groups excluding carboxylic acids is 3. The van der Waals surface area contributed by atoms with E-state index >= 15 is 0 Å². The number of urea groups is 1. The molecule has 4 amide bonds. The van der Waals surface area contributed by atoms with Crippen LogP contribution in [-0.4, -0.2) is 89.8 Å². The van der Waals surface area contributed by atoms with Crippen molar-refractivity contribution in [2.24, 2.45) is 0 Å². The molecule has 110 valence electrons. The van der Waals surface area contributed by atoms with Gasteiger partial charge in [0.05, 0.1) is 6.04 Å². The molecular weight excluding hydrogens is 260 g/mol. The van der Waals surface area contributed by atoms with Gasteiger partial charge in [-0.15, -0.1) is 0 Å². The topological polar surface area (TPSA) is 64.2 Å². The van der Waals surface area contributed by atoms with E-state index < -0.39 is 0 Å². The smallest absolute Gasteiger partial charge is 0.320 e. The molecule has 3 heterocycles. The summed E-state index contributed by atoms with van der Waals surface area (Å²) in [7, 11) is 2.05. The molecule has 0 radical (unpaired) electrons. The standard InChI is InChI=1S/C13H20N4O3/c1-14-4-6-15(7-5-14)13(20)16-8-10(9-16)17-11(18)2-3-12(17)19/h10H,2-9H2,1H3. The van der Waals surface area contributed by atoms with Crippen LogP contribution in [0.4, 0.5) is 4.79 Å². The molecular formula is C13H20N4O3. The molecule has 3 aliphatic heterocycles. The minimum Gasteiger partial charge on any atom is -0.322 e. The van der Waals surface area contributed by atoms with Gasteiger partial charge in [-0.25, -0.2) is 4.79 Å². The van der Waals surface area contributed by atoms with E-state index in [9.17, 15) is 14.4 Å². The van der Waals surface area contributed by atoms with Gasteiger partial charge in [0.15, 0.2) is 0 Å². The molecule has 3 rings (SSSR count). The number of hydrogen-bond donors (Lipinski definition) is 0. The zero-order valence-electron chi connectivity index (χ0n) is 11.7. The lowest BCUT2D eigenvalue weighted by Crippen LogP contribution is -2.65. The van der Waals surface area contributed by atoms with Crippen molar-refractivity contribution >= 4 is 17.8 Å². The molecule has 7 heteroatoms. The third-order valence-corrected chi connectivity index (χ3v) is 4.36. The quantitative estimate of drug-likeness (QED) is 0.589. The molecule has 0 aromatic carbocycles. The van der Waals surface area contributed by atoms with Crippen molar-refractivity contribution in [3.8, 4) is 0 Å². The molecule has 0 unspecified atom stereocenters. The molecule has 0 aliphatic carbocycles. The zero-order valence-corrected chi connectivity index (χ0v) is 11.7. The molecule has 3 fully saturated rings. The van der Waals surface area contributed by atoms with E-state index in [1.807, 2.05) is 11.9 Å². The average Bonchev–Trinajstić information content (AvgIpc) is 2.70. The van der Waals surface area contributed by atoms with Gasteiger partial charge in [0.25, 0.3) is 0 Å². The van der Waals surface area contributed by atoms with Crippen LogP contribution < -0.4 is 0 Å². The molecule has 20 heavy (non-hydrogen) atoms. The zero-order chi connectivity index (χ0) is 14.3. The summed E-state index contributed by atoms with van der Waals surface area (Å²) in [5, 5.41) is 0. The van der Waals surface area contributed by atoms with Crippen LogP contribution in [0, 0.1) is 0 Å². The second kappa shape index (κ2) is 5.05. The summed E-state index contributed by atoms with van der Waals surface area (Å²) < 4.78 is 0. The highest BCUT2D eigenvalue weighted by atomic mass is 16.2. The van der Waals surface area contributed by atoms with Crippen molar-refractivity contribution in [3.63, 3.8) is 0 Å². The van der Waals surface area contributed by atoms with E-state index in [0.717, 1.165) is 26.2 Å². The summed E-state index contributed by atoms with van der Waals surface area (Å²) in [6, 6.07) is -0.0673. The van der Waals surface area contributed by atoms with Crippen molar-refractivity contribution < 1.29 is 14.4 Å². The Labute approximate surface area is 118 Å². The Morgan fingerprint density at radius 2 is 1.50 bits per heavy atom. The Kier molecular flexibility index (Phi) is 3.37. The maximum absolute atomic E-state index is 12.3. The normalized spacial score (nSPS) is 25.4. The number of imide groups is 1. The minimum atomic E-state index is -0.103. The minimum absolute atomic E-state index is 0.0356. The number of likely N-dealkylation sites (tertiary alicyclic amines) is 2. The number of carbonyl (C=O) groups is 3. The third-order valence-electron chi connectivity index (χ3n) is 4.36. The first kappa shape index (κ1) is 13.4. The van der Waals surface area contributed by atoms with E-state index in [0.29, 0.717) is 25.9 Å². The van der Waals surface area contributed by atoms with Crippen LogP contribution in [0.25, 0.3) is 0 Å². The molecule has 0 spiro atoms. The molecule has 0 N–H and O–H groups in total. The van der Waals surface area contributed by atoms with Crippen LogP contribution in [0.5, 0.6) is 0 Å². The first-order valence-corrected chi connectivity index (χ1v) is 7.13. The first-order chi connectivity index (χ1) is 9.56. The van der Waals surface area contributed by atoms with E-state index in [2.05, 4.69) is 4.90 Å². The van der Waals surface area contributed by atoms with E-state index in [4.69, 9.17) is 0 Å². The van der Waals surface area contributed by atoms with Crippen molar-refractivity contribution in [2.75, 3.05) is 46.3 Å². The molecule has 0 saturated carbocycles. The van der Waals surface area contributed by atoms with Gasteiger partial charge in [-0.05, 0) is 7.05 Å². The molecule has 0 bridgehead atoms. The third kappa shape index (κ3) is 2.26. The fourth-order valence-corrected chi connectivity index (χ4v) is 2.97. The van der Waals surface area contributed by atoms with Crippen molar-refractivity contribution in [3.05, 3.63) is 0 Å². The summed E-state index contributed by atoms with van der Waals surface area (Å²) in [5.41, 5.74) is 0. The second-order valence-corrected chi connectivity index (χ2v) is 5.79.